The molecule has 0 spiro atoms. The first-order valence-corrected chi connectivity index (χ1v) is 8.79. The molecule has 1 atom stereocenters. The molecule has 2 fully saturated rings. The molecule has 1 aromatic heterocycles. The zero-order valence-corrected chi connectivity index (χ0v) is 14.1. The molecular formula is C19H24N4O. The van der Waals surface area contributed by atoms with Gasteiger partial charge >= 0.3 is 6.03 Å². The van der Waals surface area contributed by atoms with Crippen molar-refractivity contribution in [2.24, 2.45) is 18.9 Å². The second-order valence-electron chi connectivity index (χ2n) is 7.10. The molecule has 1 aliphatic heterocycles. The molecule has 126 valence electrons. The lowest BCUT2D eigenvalue weighted by Gasteiger charge is -2.46. The normalized spacial score (nSPS) is 19.5. The highest BCUT2D eigenvalue weighted by atomic mass is 16.2. The predicted octanol–water partition coefficient (Wildman–Crippen LogP) is 2.95. The summed E-state index contributed by atoms with van der Waals surface area (Å²) in [6.45, 7) is 1.82. The molecule has 2 amide bonds. The van der Waals surface area contributed by atoms with Crippen LogP contribution in [-0.4, -0.2) is 33.8 Å². The average Bonchev–Trinajstić information content (AvgIpc) is 2.93. The summed E-state index contributed by atoms with van der Waals surface area (Å²) in [6, 6.07) is 9.96. The zero-order valence-electron chi connectivity index (χ0n) is 14.1. The highest BCUT2D eigenvalue weighted by molar-refractivity contribution is 5.76. The van der Waals surface area contributed by atoms with Crippen molar-refractivity contribution >= 4 is 6.03 Å². The molecule has 0 bridgehead atoms. The van der Waals surface area contributed by atoms with E-state index in [1.54, 1.807) is 4.68 Å². The first-order valence-electron chi connectivity index (χ1n) is 8.79. The molecule has 1 aliphatic carbocycles. The number of hydrogen-bond acceptors (Lipinski definition) is 2. The highest BCUT2D eigenvalue weighted by Gasteiger charge is 2.39. The largest absolute Gasteiger partial charge is 0.327 e. The number of benzene rings is 1. The van der Waals surface area contributed by atoms with Crippen molar-refractivity contribution in [1.82, 2.24) is 20.0 Å². The van der Waals surface area contributed by atoms with Gasteiger partial charge in [-0.25, -0.2) is 4.79 Å². The Morgan fingerprint density at radius 2 is 1.92 bits per heavy atom. The van der Waals surface area contributed by atoms with Gasteiger partial charge in [-0.3, -0.25) is 4.68 Å². The topological polar surface area (TPSA) is 50.2 Å². The summed E-state index contributed by atoms with van der Waals surface area (Å²) in [7, 11) is 1.89. The number of carbonyl (C=O) groups excluding carboxylic acids is 1. The van der Waals surface area contributed by atoms with Crippen LogP contribution in [0.25, 0.3) is 0 Å². The summed E-state index contributed by atoms with van der Waals surface area (Å²) in [5, 5.41) is 7.45. The van der Waals surface area contributed by atoms with Gasteiger partial charge in [-0.05, 0) is 17.4 Å². The van der Waals surface area contributed by atoms with Crippen molar-refractivity contribution in [2.45, 2.75) is 25.3 Å². The van der Waals surface area contributed by atoms with Crippen molar-refractivity contribution in [2.75, 3.05) is 13.1 Å². The van der Waals surface area contributed by atoms with E-state index >= 15 is 0 Å². The van der Waals surface area contributed by atoms with Gasteiger partial charge in [0.05, 0.1) is 12.2 Å². The first-order chi connectivity index (χ1) is 11.7. The second kappa shape index (κ2) is 6.30. The van der Waals surface area contributed by atoms with Gasteiger partial charge < -0.3 is 10.2 Å². The lowest BCUT2D eigenvalue weighted by Crippen LogP contribution is -2.57. The fraction of sp³-hybridized carbons (Fsp3) is 0.474. The van der Waals surface area contributed by atoms with Crippen LogP contribution < -0.4 is 5.32 Å². The molecule has 2 aliphatic rings. The standard InChI is InChI=1S/C19H24N4O/c1-22-11-16(10-20-22)18(15-6-3-2-4-7-15)21-19(24)23-12-17(13-23)14-8-5-9-14/h2-4,6-7,10-11,14,17-18H,5,8-9,12-13H2,1H3,(H,21,24). The van der Waals surface area contributed by atoms with Crippen LogP contribution in [-0.2, 0) is 7.05 Å². The minimum atomic E-state index is -0.157. The zero-order chi connectivity index (χ0) is 16.5. The van der Waals surface area contributed by atoms with E-state index in [4.69, 9.17) is 0 Å². The SMILES string of the molecule is Cn1cc(C(NC(=O)N2CC(C3CCC3)C2)c2ccccc2)cn1. The molecule has 1 saturated heterocycles. The van der Waals surface area contributed by atoms with Gasteiger partial charge in [0.2, 0.25) is 0 Å². The van der Waals surface area contributed by atoms with Crippen LogP contribution in [0.5, 0.6) is 0 Å². The molecule has 1 aromatic carbocycles. The number of amides is 2. The molecule has 1 N–H and O–H groups in total. The molecule has 0 radical (unpaired) electrons. The number of nitrogens with zero attached hydrogens (tertiary/aromatic N) is 3. The maximum absolute atomic E-state index is 12.7. The lowest BCUT2D eigenvalue weighted by atomic mass is 9.73. The van der Waals surface area contributed by atoms with Crippen LogP contribution in [0.3, 0.4) is 0 Å². The van der Waals surface area contributed by atoms with Gasteiger partial charge in [0.1, 0.15) is 0 Å². The van der Waals surface area contributed by atoms with Crippen LogP contribution in [0.1, 0.15) is 36.4 Å². The van der Waals surface area contributed by atoms with Crippen LogP contribution >= 0.6 is 0 Å². The molecule has 2 aromatic rings. The number of likely N-dealkylation sites (tertiary alicyclic amines) is 1. The molecule has 24 heavy (non-hydrogen) atoms. The van der Waals surface area contributed by atoms with E-state index in [1.165, 1.54) is 19.3 Å². The van der Waals surface area contributed by atoms with Crippen LogP contribution in [0, 0.1) is 11.8 Å². The van der Waals surface area contributed by atoms with E-state index in [1.807, 2.05) is 54.7 Å². The van der Waals surface area contributed by atoms with Crippen molar-refractivity contribution in [1.29, 1.82) is 0 Å². The number of hydrogen-bond donors (Lipinski definition) is 1. The third-order valence-corrected chi connectivity index (χ3v) is 5.47. The summed E-state index contributed by atoms with van der Waals surface area (Å²) in [4.78, 5) is 14.6. The molecule has 5 heteroatoms. The fourth-order valence-electron chi connectivity index (χ4n) is 3.70. The number of rotatable bonds is 4. The maximum Gasteiger partial charge on any atom is 0.318 e. The Morgan fingerprint density at radius 1 is 1.17 bits per heavy atom. The van der Waals surface area contributed by atoms with Gasteiger partial charge in [0.15, 0.2) is 0 Å². The first kappa shape index (κ1) is 15.2. The third kappa shape index (κ3) is 2.90. The van der Waals surface area contributed by atoms with Crippen molar-refractivity contribution in [3.63, 3.8) is 0 Å². The van der Waals surface area contributed by atoms with Crippen molar-refractivity contribution < 1.29 is 4.79 Å². The molecule has 4 rings (SSSR count). The molecule has 1 saturated carbocycles. The lowest BCUT2D eigenvalue weighted by molar-refractivity contribution is 0.0511. The maximum atomic E-state index is 12.7. The summed E-state index contributed by atoms with van der Waals surface area (Å²) >= 11 is 0. The van der Waals surface area contributed by atoms with Crippen LogP contribution in [0.15, 0.2) is 42.7 Å². The number of carbonyl (C=O) groups is 1. The van der Waals surface area contributed by atoms with Crippen LogP contribution in [0.2, 0.25) is 0 Å². The predicted molar refractivity (Wildman–Crippen MR) is 92.4 cm³/mol. The monoisotopic (exact) mass is 324 g/mol. The fourth-order valence-corrected chi connectivity index (χ4v) is 3.70. The Labute approximate surface area is 142 Å². The molecular weight excluding hydrogens is 300 g/mol. The number of nitrogens with one attached hydrogen (secondary N) is 1. The highest BCUT2D eigenvalue weighted by Crippen LogP contribution is 2.38. The Bertz CT molecular complexity index is 701. The number of urea groups is 1. The van der Waals surface area contributed by atoms with Gasteiger partial charge in [-0.2, -0.15) is 5.10 Å². The summed E-state index contributed by atoms with van der Waals surface area (Å²) in [5.41, 5.74) is 2.09. The van der Waals surface area contributed by atoms with E-state index in [-0.39, 0.29) is 12.1 Å². The summed E-state index contributed by atoms with van der Waals surface area (Å²) in [5.74, 6) is 1.58. The Kier molecular flexibility index (Phi) is 4.00. The van der Waals surface area contributed by atoms with E-state index in [2.05, 4.69) is 10.4 Å². The van der Waals surface area contributed by atoms with Crippen LogP contribution in [0.4, 0.5) is 4.79 Å². The van der Waals surface area contributed by atoms with E-state index in [9.17, 15) is 4.79 Å². The molecule has 2 heterocycles. The Hall–Kier alpha value is -2.30. The smallest absolute Gasteiger partial charge is 0.318 e. The third-order valence-electron chi connectivity index (χ3n) is 5.47. The molecule has 5 nitrogen and oxygen atoms in total. The van der Waals surface area contributed by atoms with Gasteiger partial charge in [-0.1, -0.05) is 49.6 Å². The van der Waals surface area contributed by atoms with E-state index in [0.29, 0.717) is 0 Å². The van der Waals surface area contributed by atoms with Gasteiger partial charge in [0, 0.05) is 31.9 Å². The van der Waals surface area contributed by atoms with Gasteiger partial charge in [0.25, 0.3) is 0 Å². The van der Waals surface area contributed by atoms with E-state index in [0.717, 1.165) is 36.1 Å². The summed E-state index contributed by atoms with van der Waals surface area (Å²) < 4.78 is 1.77. The van der Waals surface area contributed by atoms with Crippen molar-refractivity contribution in [3.05, 3.63) is 53.9 Å². The minimum absolute atomic E-state index is 0.0308. The quantitative estimate of drug-likeness (QED) is 0.940. The Balaban J connectivity index is 1.45. The number of aryl methyl sites for hydroxylation is 1. The Morgan fingerprint density at radius 3 is 2.50 bits per heavy atom. The van der Waals surface area contributed by atoms with Gasteiger partial charge in [-0.15, -0.1) is 0 Å². The minimum Gasteiger partial charge on any atom is -0.327 e. The second-order valence-corrected chi connectivity index (χ2v) is 7.10. The molecule has 1 unspecified atom stereocenters. The van der Waals surface area contributed by atoms with E-state index < -0.39 is 0 Å². The van der Waals surface area contributed by atoms with Crippen molar-refractivity contribution in [3.8, 4) is 0 Å². The number of aromatic nitrogens is 2. The average molecular weight is 324 g/mol. The summed E-state index contributed by atoms with van der Waals surface area (Å²) in [6.07, 6.45) is 7.85.